The number of carbonyl (C=O) groups is 1. The molecule has 21 heavy (non-hydrogen) atoms. The molecule has 0 aliphatic rings. The maximum Gasteiger partial charge on any atom is 0.296 e. The van der Waals surface area contributed by atoms with Crippen LogP contribution in [0, 0.1) is 10.1 Å². The summed E-state index contributed by atoms with van der Waals surface area (Å²) in [5.41, 5.74) is 0.805. The van der Waals surface area contributed by atoms with Crippen LogP contribution >= 0.6 is 0 Å². The van der Waals surface area contributed by atoms with Gasteiger partial charge in [-0.2, -0.15) is 0 Å². The predicted molar refractivity (Wildman–Crippen MR) is 78.2 cm³/mol. The van der Waals surface area contributed by atoms with Gasteiger partial charge in [0, 0.05) is 13.0 Å². The van der Waals surface area contributed by atoms with E-state index >= 15 is 0 Å². The molecule has 0 aromatic heterocycles. The lowest BCUT2D eigenvalue weighted by molar-refractivity contribution is -0.384. The topological polar surface area (TPSA) is 81.5 Å². The van der Waals surface area contributed by atoms with Crippen LogP contribution in [0.4, 0.5) is 11.4 Å². The van der Waals surface area contributed by atoms with Crippen molar-refractivity contribution >= 4 is 17.3 Å². The molecule has 0 saturated heterocycles. The van der Waals surface area contributed by atoms with Gasteiger partial charge in [0.05, 0.1) is 4.92 Å². The average molecular weight is 286 g/mol. The average Bonchev–Trinajstić information content (AvgIpc) is 2.46. The van der Waals surface area contributed by atoms with Crippen molar-refractivity contribution in [3.8, 4) is 5.75 Å². The fourth-order valence-electron chi connectivity index (χ4n) is 1.83. The van der Waals surface area contributed by atoms with Crippen LogP contribution in [-0.2, 0) is 11.4 Å². The van der Waals surface area contributed by atoms with Crippen molar-refractivity contribution in [1.82, 2.24) is 0 Å². The molecule has 6 nitrogen and oxygen atoms in total. The monoisotopic (exact) mass is 286 g/mol. The van der Waals surface area contributed by atoms with Crippen LogP contribution in [0.1, 0.15) is 12.5 Å². The minimum atomic E-state index is -0.555. The number of para-hydroxylation sites is 1. The molecule has 0 spiro atoms. The minimum Gasteiger partial charge on any atom is -0.486 e. The summed E-state index contributed by atoms with van der Waals surface area (Å²) in [6.45, 7) is 1.55. The van der Waals surface area contributed by atoms with Crippen molar-refractivity contribution in [3.63, 3.8) is 0 Å². The standard InChI is InChI=1S/C15H14N2O4/c1-11(18)16-15-13(17(19)20)8-5-9-14(15)21-10-12-6-3-2-4-7-12/h2-9H,10H2,1H3,(H,16,18). The van der Waals surface area contributed by atoms with E-state index in [4.69, 9.17) is 4.74 Å². The predicted octanol–water partition coefficient (Wildman–Crippen LogP) is 3.13. The first-order valence-electron chi connectivity index (χ1n) is 6.29. The minimum absolute atomic E-state index is 0.0749. The van der Waals surface area contributed by atoms with Gasteiger partial charge in [-0.3, -0.25) is 14.9 Å². The molecule has 6 heteroatoms. The van der Waals surface area contributed by atoms with Crippen LogP contribution in [0.2, 0.25) is 0 Å². The Labute approximate surface area is 121 Å². The van der Waals surface area contributed by atoms with Gasteiger partial charge in [0.1, 0.15) is 12.4 Å². The third-order valence-corrected chi connectivity index (χ3v) is 2.74. The third-order valence-electron chi connectivity index (χ3n) is 2.74. The first-order chi connectivity index (χ1) is 10.1. The molecule has 1 amide bonds. The molecule has 0 unspecified atom stereocenters. The second-order valence-corrected chi connectivity index (χ2v) is 4.36. The summed E-state index contributed by atoms with van der Waals surface area (Å²) in [6.07, 6.45) is 0. The fourth-order valence-corrected chi connectivity index (χ4v) is 1.83. The molecule has 0 heterocycles. The Balaban J connectivity index is 2.27. The van der Waals surface area contributed by atoms with Gasteiger partial charge in [-0.15, -0.1) is 0 Å². The normalized spacial score (nSPS) is 9.95. The molecule has 0 aliphatic carbocycles. The van der Waals surface area contributed by atoms with Crippen molar-refractivity contribution in [2.45, 2.75) is 13.5 Å². The quantitative estimate of drug-likeness (QED) is 0.676. The van der Waals surface area contributed by atoms with Crippen molar-refractivity contribution in [1.29, 1.82) is 0 Å². The number of hydrogen-bond acceptors (Lipinski definition) is 4. The number of nitro benzene ring substituents is 1. The Morgan fingerprint density at radius 2 is 1.90 bits per heavy atom. The van der Waals surface area contributed by atoms with Crippen LogP contribution < -0.4 is 10.1 Å². The highest BCUT2D eigenvalue weighted by molar-refractivity contribution is 5.93. The van der Waals surface area contributed by atoms with Crippen LogP contribution in [0.25, 0.3) is 0 Å². The van der Waals surface area contributed by atoms with Gasteiger partial charge in [0.2, 0.25) is 5.91 Å². The molecular weight excluding hydrogens is 272 g/mol. The Morgan fingerprint density at radius 1 is 1.19 bits per heavy atom. The number of nitrogens with zero attached hydrogens (tertiary/aromatic N) is 1. The molecule has 108 valence electrons. The van der Waals surface area contributed by atoms with E-state index in [0.717, 1.165) is 5.56 Å². The molecule has 1 N–H and O–H groups in total. The van der Waals surface area contributed by atoms with E-state index in [2.05, 4.69) is 5.32 Å². The van der Waals surface area contributed by atoms with E-state index < -0.39 is 10.8 Å². The van der Waals surface area contributed by atoms with E-state index in [1.807, 2.05) is 30.3 Å². The van der Waals surface area contributed by atoms with Crippen molar-refractivity contribution in [3.05, 3.63) is 64.2 Å². The number of amides is 1. The van der Waals surface area contributed by atoms with E-state index in [9.17, 15) is 14.9 Å². The Kier molecular flexibility index (Phi) is 4.50. The van der Waals surface area contributed by atoms with Gasteiger partial charge in [0.15, 0.2) is 5.69 Å². The van der Waals surface area contributed by atoms with Crippen LogP contribution in [-0.4, -0.2) is 10.8 Å². The highest BCUT2D eigenvalue weighted by Gasteiger charge is 2.19. The summed E-state index contributed by atoms with van der Waals surface area (Å²) in [5.74, 6) is -0.128. The molecule has 0 aliphatic heterocycles. The zero-order chi connectivity index (χ0) is 15.2. The number of anilines is 1. The van der Waals surface area contributed by atoms with Gasteiger partial charge < -0.3 is 10.1 Å². The van der Waals surface area contributed by atoms with Gasteiger partial charge in [-0.25, -0.2) is 0 Å². The van der Waals surface area contributed by atoms with E-state index in [1.54, 1.807) is 6.07 Å². The van der Waals surface area contributed by atoms with E-state index in [0.29, 0.717) is 0 Å². The Hall–Kier alpha value is -2.89. The summed E-state index contributed by atoms with van der Waals surface area (Å²) in [4.78, 5) is 21.7. The van der Waals surface area contributed by atoms with Gasteiger partial charge >= 0.3 is 0 Å². The lowest BCUT2D eigenvalue weighted by atomic mass is 10.2. The lowest BCUT2D eigenvalue weighted by Crippen LogP contribution is -2.10. The van der Waals surface area contributed by atoms with Crippen LogP contribution in [0.15, 0.2) is 48.5 Å². The fraction of sp³-hybridized carbons (Fsp3) is 0.133. The van der Waals surface area contributed by atoms with Gasteiger partial charge in [-0.05, 0) is 11.6 Å². The van der Waals surface area contributed by atoms with E-state index in [-0.39, 0.29) is 23.7 Å². The van der Waals surface area contributed by atoms with Crippen LogP contribution in [0.5, 0.6) is 5.75 Å². The maximum atomic E-state index is 11.2. The van der Waals surface area contributed by atoms with Gasteiger partial charge in [-0.1, -0.05) is 36.4 Å². The number of rotatable bonds is 5. The zero-order valence-electron chi connectivity index (χ0n) is 11.4. The number of hydrogen-bond donors (Lipinski definition) is 1. The van der Waals surface area contributed by atoms with E-state index in [1.165, 1.54) is 19.1 Å². The number of ether oxygens (including phenoxy) is 1. The largest absolute Gasteiger partial charge is 0.486 e. The molecule has 0 saturated carbocycles. The van der Waals surface area contributed by atoms with Crippen molar-refractivity contribution < 1.29 is 14.5 Å². The molecule has 0 bridgehead atoms. The lowest BCUT2D eigenvalue weighted by Gasteiger charge is -2.12. The van der Waals surface area contributed by atoms with Gasteiger partial charge in [0.25, 0.3) is 5.69 Å². The smallest absolute Gasteiger partial charge is 0.296 e. The summed E-state index contributed by atoms with van der Waals surface area (Å²) < 4.78 is 5.60. The summed E-state index contributed by atoms with van der Waals surface area (Å²) in [5, 5.41) is 13.5. The highest BCUT2D eigenvalue weighted by atomic mass is 16.6. The van der Waals surface area contributed by atoms with Crippen LogP contribution in [0.3, 0.4) is 0 Å². The second kappa shape index (κ2) is 6.51. The maximum absolute atomic E-state index is 11.2. The third kappa shape index (κ3) is 3.79. The zero-order valence-corrected chi connectivity index (χ0v) is 11.4. The Morgan fingerprint density at radius 3 is 2.52 bits per heavy atom. The SMILES string of the molecule is CC(=O)Nc1c(OCc2ccccc2)cccc1[N+](=O)[O-]. The number of benzene rings is 2. The summed E-state index contributed by atoms with van der Waals surface area (Å²) >= 11 is 0. The molecule has 2 rings (SSSR count). The first-order valence-corrected chi connectivity index (χ1v) is 6.29. The van der Waals surface area contributed by atoms with Crippen molar-refractivity contribution in [2.24, 2.45) is 0 Å². The summed E-state index contributed by atoms with van der Waals surface area (Å²) in [7, 11) is 0. The molecule has 0 fully saturated rings. The number of carbonyl (C=O) groups excluding carboxylic acids is 1. The molecule has 0 radical (unpaired) electrons. The molecule has 2 aromatic rings. The number of nitrogens with one attached hydrogen (secondary N) is 1. The molecule has 2 aromatic carbocycles. The summed E-state index contributed by atoms with van der Waals surface area (Å²) in [6, 6.07) is 13.8. The molecule has 0 atom stereocenters. The second-order valence-electron chi connectivity index (χ2n) is 4.36. The number of nitro groups is 1. The highest BCUT2D eigenvalue weighted by Crippen LogP contribution is 2.34. The Bertz CT molecular complexity index is 656. The van der Waals surface area contributed by atoms with Crippen molar-refractivity contribution in [2.75, 3.05) is 5.32 Å². The first kappa shape index (κ1) is 14.5. The molecular formula is C15H14N2O4.